The monoisotopic (exact) mass is 181 g/mol. The number of nitrogens with two attached hydrogens (primary N) is 1. The van der Waals surface area contributed by atoms with E-state index in [1.807, 2.05) is 44.2 Å². The van der Waals surface area contributed by atoms with Gasteiger partial charge in [0.25, 0.3) is 0 Å². The van der Waals surface area contributed by atoms with Crippen LogP contribution in [0.2, 0.25) is 0 Å². The van der Waals surface area contributed by atoms with Crippen LogP contribution < -0.4 is 5.73 Å². The first-order chi connectivity index (χ1) is 6.20. The molecule has 0 aromatic rings. The summed E-state index contributed by atoms with van der Waals surface area (Å²) in [6.45, 7) is 4.02. The fraction of sp³-hybridized carbons (Fsp3) is 0.300. The fourth-order valence-electron chi connectivity index (χ4n) is 0.740. The number of hydrogen-bond acceptors (Lipinski definition) is 2. The lowest BCUT2D eigenvalue weighted by Gasteiger charge is -2.00. The van der Waals surface area contributed by atoms with Crippen molar-refractivity contribution in [3.05, 3.63) is 36.0 Å². The maximum atomic E-state index is 10.3. The first-order valence-electron chi connectivity index (χ1n) is 4.07. The second kappa shape index (κ2) is 7.16. The zero-order valence-corrected chi connectivity index (χ0v) is 7.99. The van der Waals surface area contributed by atoms with Crippen molar-refractivity contribution < 1.29 is 9.53 Å². The zero-order valence-electron chi connectivity index (χ0n) is 7.99. The summed E-state index contributed by atoms with van der Waals surface area (Å²) in [6, 6.07) is 0. The number of amides is 1. The summed E-state index contributed by atoms with van der Waals surface area (Å²) in [5.74, 6) is 0. The van der Waals surface area contributed by atoms with E-state index in [0.29, 0.717) is 0 Å². The molecule has 0 spiro atoms. The van der Waals surface area contributed by atoms with E-state index in [1.165, 1.54) is 0 Å². The van der Waals surface area contributed by atoms with E-state index in [2.05, 4.69) is 4.74 Å². The predicted octanol–water partition coefficient (Wildman–Crippen LogP) is 2.16. The van der Waals surface area contributed by atoms with Gasteiger partial charge in [0.05, 0.1) is 0 Å². The molecule has 0 saturated heterocycles. The van der Waals surface area contributed by atoms with Crippen LogP contribution in [0.25, 0.3) is 0 Å². The van der Waals surface area contributed by atoms with Gasteiger partial charge in [-0.1, -0.05) is 30.4 Å². The Morgan fingerprint density at radius 2 is 2.08 bits per heavy atom. The number of carbonyl (C=O) groups is 1. The van der Waals surface area contributed by atoms with E-state index in [0.717, 1.165) is 5.57 Å². The highest BCUT2D eigenvalue weighted by atomic mass is 16.5. The third-order valence-corrected chi connectivity index (χ3v) is 1.26. The summed E-state index contributed by atoms with van der Waals surface area (Å²) in [6.07, 6.45) is 8.62. The van der Waals surface area contributed by atoms with Gasteiger partial charge in [0.2, 0.25) is 0 Å². The summed E-state index contributed by atoms with van der Waals surface area (Å²) in [5, 5.41) is 0. The molecule has 0 bridgehead atoms. The molecule has 1 amide bonds. The van der Waals surface area contributed by atoms with Crippen LogP contribution in [0, 0.1) is 0 Å². The van der Waals surface area contributed by atoms with Crippen LogP contribution in [0.15, 0.2) is 36.0 Å². The van der Waals surface area contributed by atoms with Gasteiger partial charge in [-0.2, -0.15) is 0 Å². The van der Waals surface area contributed by atoms with Crippen molar-refractivity contribution >= 4 is 6.09 Å². The smallest absolute Gasteiger partial charge is 0.404 e. The molecular formula is C10H15NO2. The molecule has 0 radical (unpaired) electrons. The largest absolute Gasteiger partial charge is 0.445 e. The molecule has 3 heteroatoms. The quantitative estimate of drug-likeness (QED) is 0.675. The maximum Gasteiger partial charge on any atom is 0.404 e. The lowest BCUT2D eigenvalue weighted by Crippen LogP contribution is -2.14. The third-order valence-electron chi connectivity index (χ3n) is 1.26. The maximum absolute atomic E-state index is 10.3. The van der Waals surface area contributed by atoms with Crippen molar-refractivity contribution in [1.29, 1.82) is 0 Å². The van der Waals surface area contributed by atoms with E-state index in [-0.39, 0.29) is 6.61 Å². The Balaban J connectivity index is 4.17. The lowest BCUT2D eigenvalue weighted by molar-refractivity contribution is 0.167. The Labute approximate surface area is 78.6 Å². The van der Waals surface area contributed by atoms with Crippen molar-refractivity contribution in [3.63, 3.8) is 0 Å². The summed E-state index contributed by atoms with van der Waals surface area (Å²) in [5.41, 5.74) is 5.74. The number of allylic oxidation sites excluding steroid dienone is 4. The van der Waals surface area contributed by atoms with Crippen LogP contribution in [-0.4, -0.2) is 12.7 Å². The first kappa shape index (κ1) is 11.5. The fourth-order valence-corrected chi connectivity index (χ4v) is 0.740. The summed E-state index contributed by atoms with van der Waals surface area (Å²) < 4.78 is 4.64. The number of rotatable bonds is 4. The molecule has 0 aliphatic rings. The number of hydrogen-bond donors (Lipinski definition) is 1. The van der Waals surface area contributed by atoms with Crippen LogP contribution in [0.3, 0.4) is 0 Å². The van der Waals surface area contributed by atoms with Gasteiger partial charge in [-0.15, -0.1) is 0 Å². The SMILES string of the molecule is C\C=C/C=C(\C=C/C)COC(N)=O. The molecule has 13 heavy (non-hydrogen) atoms. The van der Waals surface area contributed by atoms with E-state index in [4.69, 9.17) is 5.73 Å². The van der Waals surface area contributed by atoms with Crippen molar-refractivity contribution in [3.8, 4) is 0 Å². The molecular weight excluding hydrogens is 166 g/mol. The highest BCUT2D eigenvalue weighted by Crippen LogP contribution is 1.98. The van der Waals surface area contributed by atoms with Gasteiger partial charge in [0.15, 0.2) is 0 Å². The Kier molecular flexibility index (Phi) is 6.32. The molecule has 0 aromatic carbocycles. The van der Waals surface area contributed by atoms with Gasteiger partial charge in [-0.05, 0) is 19.4 Å². The van der Waals surface area contributed by atoms with Crippen molar-refractivity contribution in [1.82, 2.24) is 0 Å². The van der Waals surface area contributed by atoms with Crippen molar-refractivity contribution in [2.45, 2.75) is 13.8 Å². The van der Waals surface area contributed by atoms with Crippen LogP contribution in [0.1, 0.15) is 13.8 Å². The highest BCUT2D eigenvalue weighted by molar-refractivity contribution is 5.64. The van der Waals surface area contributed by atoms with Gasteiger partial charge >= 0.3 is 6.09 Å². The summed E-state index contributed by atoms with van der Waals surface area (Å²) in [4.78, 5) is 10.3. The number of ether oxygens (including phenoxy) is 1. The van der Waals surface area contributed by atoms with E-state index < -0.39 is 6.09 Å². The molecule has 0 rings (SSSR count). The molecule has 72 valence electrons. The van der Waals surface area contributed by atoms with E-state index in [1.54, 1.807) is 0 Å². The van der Waals surface area contributed by atoms with Gasteiger partial charge in [-0.3, -0.25) is 0 Å². The second-order valence-electron chi connectivity index (χ2n) is 2.38. The third kappa shape index (κ3) is 6.87. The van der Waals surface area contributed by atoms with Gasteiger partial charge in [0.1, 0.15) is 6.61 Å². The zero-order chi connectivity index (χ0) is 10.1. The average Bonchev–Trinajstić information content (AvgIpc) is 2.09. The lowest BCUT2D eigenvalue weighted by atomic mass is 10.2. The number of primary amides is 1. The summed E-state index contributed by atoms with van der Waals surface area (Å²) >= 11 is 0. The van der Waals surface area contributed by atoms with Crippen molar-refractivity contribution in [2.75, 3.05) is 6.61 Å². The molecule has 3 nitrogen and oxygen atoms in total. The minimum atomic E-state index is -0.754. The molecule has 0 aliphatic heterocycles. The topological polar surface area (TPSA) is 52.3 Å². The minimum absolute atomic E-state index is 0.212. The van der Waals surface area contributed by atoms with Crippen molar-refractivity contribution in [2.24, 2.45) is 5.73 Å². The molecule has 0 heterocycles. The van der Waals surface area contributed by atoms with Gasteiger partial charge in [-0.25, -0.2) is 4.79 Å². The van der Waals surface area contributed by atoms with Crippen LogP contribution >= 0.6 is 0 Å². The van der Waals surface area contributed by atoms with Gasteiger partial charge < -0.3 is 10.5 Å². The molecule has 0 unspecified atom stereocenters. The molecule has 2 N–H and O–H groups in total. The Morgan fingerprint density at radius 3 is 2.54 bits per heavy atom. The van der Waals surface area contributed by atoms with E-state index >= 15 is 0 Å². The Morgan fingerprint density at radius 1 is 1.38 bits per heavy atom. The Bertz CT molecular complexity index is 239. The Hall–Kier alpha value is -1.51. The second-order valence-corrected chi connectivity index (χ2v) is 2.38. The first-order valence-corrected chi connectivity index (χ1v) is 4.07. The minimum Gasteiger partial charge on any atom is -0.445 e. The van der Waals surface area contributed by atoms with Gasteiger partial charge in [0, 0.05) is 0 Å². The standard InChI is InChI=1S/C10H15NO2/c1-3-5-7-9(6-4-2)8-13-10(11)12/h3-7H,8H2,1-2H3,(H2,11,12)/b5-3-,6-4-,9-7+. The van der Waals surface area contributed by atoms with E-state index in [9.17, 15) is 4.79 Å². The molecule has 0 aromatic heterocycles. The van der Waals surface area contributed by atoms with Crippen LogP contribution in [0.5, 0.6) is 0 Å². The normalized spacial score (nSPS) is 12.6. The highest BCUT2D eigenvalue weighted by Gasteiger charge is 1.95. The van der Waals surface area contributed by atoms with Crippen LogP contribution in [0.4, 0.5) is 4.79 Å². The van der Waals surface area contributed by atoms with Crippen LogP contribution in [-0.2, 0) is 4.74 Å². The molecule has 0 fully saturated rings. The molecule has 0 aliphatic carbocycles. The molecule has 0 atom stereocenters. The number of carbonyl (C=O) groups excluding carboxylic acids is 1. The average molecular weight is 181 g/mol. The summed E-state index contributed by atoms with van der Waals surface area (Å²) in [7, 11) is 0. The molecule has 0 saturated carbocycles. The predicted molar refractivity (Wildman–Crippen MR) is 53.2 cm³/mol.